The Kier molecular flexibility index (Phi) is 4.35. The molecule has 8 heteroatoms. The van der Waals surface area contributed by atoms with Crippen molar-refractivity contribution in [1.82, 2.24) is 4.83 Å². The van der Waals surface area contributed by atoms with Crippen molar-refractivity contribution in [3.05, 3.63) is 22.2 Å². The largest absolute Gasteiger partial charge is 0.504 e. The smallest absolute Gasteiger partial charge is 0.244 e. The molecule has 0 aliphatic heterocycles. The van der Waals surface area contributed by atoms with Crippen LogP contribution in [0.25, 0.3) is 0 Å². The van der Waals surface area contributed by atoms with Gasteiger partial charge in [-0.05, 0) is 12.1 Å². The molecule has 0 unspecified atom stereocenters. The maximum atomic E-state index is 10.8. The number of benzene rings is 1. The number of phenols is 1. The lowest BCUT2D eigenvalue weighted by atomic mass is 10.2. The molecular weight excluding hydrogens is 312 g/mol. The fourth-order valence-corrected chi connectivity index (χ4v) is 1.74. The molecule has 0 saturated carbocycles. The first-order valence-electron chi connectivity index (χ1n) is 4.40. The van der Waals surface area contributed by atoms with Crippen molar-refractivity contribution in [2.24, 2.45) is 5.10 Å². The molecule has 0 amide bonds. The minimum absolute atomic E-state index is 0.116. The lowest BCUT2D eigenvalue weighted by molar-refractivity contribution is 0.373. The Balaban J connectivity index is 3.02. The Hall–Kier alpha value is -1.28. The van der Waals surface area contributed by atoms with E-state index >= 15 is 0 Å². The number of sulfonamides is 1. The summed E-state index contributed by atoms with van der Waals surface area (Å²) in [5.74, 6) is 0.148. The molecule has 0 fully saturated rings. The van der Waals surface area contributed by atoms with Crippen molar-refractivity contribution in [2.45, 2.75) is 0 Å². The zero-order valence-corrected chi connectivity index (χ0v) is 11.5. The first kappa shape index (κ1) is 13.8. The summed E-state index contributed by atoms with van der Waals surface area (Å²) >= 11 is 3.23. The van der Waals surface area contributed by atoms with Crippen molar-refractivity contribution in [2.75, 3.05) is 13.4 Å². The van der Waals surface area contributed by atoms with Gasteiger partial charge >= 0.3 is 0 Å². The second-order valence-corrected chi connectivity index (χ2v) is 5.81. The molecule has 1 aromatic carbocycles. The summed E-state index contributed by atoms with van der Waals surface area (Å²) in [5.41, 5.74) is 0.326. The van der Waals surface area contributed by atoms with Crippen molar-refractivity contribution in [3.8, 4) is 11.5 Å². The number of rotatable bonds is 4. The predicted molar refractivity (Wildman–Crippen MR) is 67.9 cm³/mol. The molecule has 0 spiro atoms. The Morgan fingerprint density at radius 1 is 1.53 bits per heavy atom. The number of hydrogen-bond donors (Lipinski definition) is 2. The molecule has 0 aliphatic rings. The van der Waals surface area contributed by atoms with E-state index in [1.807, 2.05) is 4.83 Å². The number of hydrazone groups is 1. The molecule has 0 heterocycles. The van der Waals surface area contributed by atoms with E-state index < -0.39 is 10.0 Å². The zero-order chi connectivity index (χ0) is 13.1. The average Bonchev–Trinajstić information content (AvgIpc) is 2.20. The van der Waals surface area contributed by atoms with Crippen LogP contribution in [0, 0.1) is 0 Å². The summed E-state index contributed by atoms with van der Waals surface area (Å²) in [6.07, 6.45) is 2.16. The Bertz CT molecular complexity index is 542. The Labute approximate surface area is 107 Å². The van der Waals surface area contributed by atoms with Gasteiger partial charge < -0.3 is 9.84 Å². The van der Waals surface area contributed by atoms with E-state index in [9.17, 15) is 13.5 Å². The average molecular weight is 323 g/mol. The number of aromatic hydroxyl groups is 1. The van der Waals surface area contributed by atoms with Crippen LogP contribution in [-0.4, -0.2) is 33.1 Å². The first-order valence-corrected chi connectivity index (χ1v) is 7.08. The molecule has 94 valence electrons. The Morgan fingerprint density at radius 3 is 2.71 bits per heavy atom. The number of methoxy groups -OCH3 is 1. The second-order valence-electron chi connectivity index (χ2n) is 3.17. The number of nitrogens with zero attached hydrogens (tertiary/aromatic N) is 1. The Morgan fingerprint density at radius 2 is 2.18 bits per heavy atom. The van der Waals surface area contributed by atoms with Gasteiger partial charge in [0.2, 0.25) is 10.0 Å². The number of hydrogen-bond acceptors (Lipinski definition) is 5. The zero-order valence-electron chi connectivity index (χ0n) is 9.14. The van der Waals surface area contributed by atoms with Gasteiger partial charge in [0.25, 0.3) is 0 Å². The molecule has 2 N–H and O–H groups in total. The molecule has 0 radical (unpaired) electrons. The van der Waals surface area contributed by atoms with Crippen LogP contribution in [-0.2, 0) is 10.0 Å². The van der Waals surface area contributed by atoms with Crippen LogP contribution in [0.5, 0.6) is 11.5 Å². The monoisotopic (exact) mass is 322 g/mol. The van der Waals surface area contributed by atoms with E-state index in [0.717, 1.165) is 6.26 Å². The van der Waals surface area contributed by atoms with Gasteiger partial charge in [0.1, 0.15) is 0 Å². The van der Waals surface area contributed by atoms with Crippen molar-refractivity contribution < 1.29 is 18.3 Å². The minimum Gasteiger partial charge on any atom is -0.504 e. The summed E-state index contributed by atoms with van der Waals surface area (Å²) in [7, 11) is -1.99. The fraction of sp³-hybridized carbons (Fsp3) is 0.222. The highest BCUT2D eigenvalue weighted by molar-refractivity contribution is 9.10. The summed E-state index contributed by atoms with van der Waals surface area (Å²) < 4.78 is 27.2. The third-order valence-corrected chi connectivity index (χ3v) is 2.61. The molecular formula is C9H11BrN2O4S. The lowest BCUT2D eigenvalue weighted by Crippen LogP contribution is -2.15. The van der Waals surface area contributed by atoms with Gasteiger partial charge in [0.15, 0.2) is 11.5 Å². The van der Waals surface area contributed by atoms with Gasteiger partial charge in [-0.1, -0.05) is 15.9 Å². The number of phenolic OH excluding ortho intramolecular Hbond substituents is 1. The van der Waals surface area contributed by atoms with Gasteiger partial charge in [0, 0.05) is 10.0 Å². The van der Waals surface area contributed by atoms with Crippen molar-refractivity contribution in [1.29, 1.82) is 0 Å². The number of nitrogens with one attached hydrogen (secondary N) is 1. The van der Waals surface area contributed by atoms with Crippen LogP contribution in [0.1, 0.15) is 5.56 Å². The second kappa shape index (κ2) is 5.37. The lowest BCUT2D eigenvalue weighted by Gasteiger charge is -2.06. The number of ether oxygens (including phenoxy) is 1. The third kappa shape index (κ3) is 4.23. The SMILES string of the molecule is COc1cc(Br)cc(/C=N\NS(C)(=O)=O)c1O. The van der Waals surface area contributed by atoms with Crippen LogP contribution in [0.15, 0.2) is 21.7 Å². The molecule has 0 bridgehead atoms. The molecule has 6 nitrogen and oxygen atoms in total. The van der Waals surface area contributed by atoms with E-state index in [1.165, 1.54) is 13.3 Å². The van der Waals surface area contributed by atoms with Gasteiger partial charge in [-0.25, -0.2) is 13.2 Å². The van der Waals surface area contributed by atoms with Gasteiger partial charge in [-0.2, -0.15) is 5.10 Å². The molecule has 0 aromatic heterocycles. The van der Waals surface area contributed by atoms with E-state index in [-0.39, 0.29) is 11.5 Å². The summed E-state index contributed by atoms with van der Waals surface area (Å²) in [6.45, 7) is 0. The number of halogens is 1. The highest BCUT2D eigenvalue weighted by atomic mass is 79.9. The van der Waals surface area contributed by atoms with Gasteiger partial charge in [0.05, 0.1) is 19.6 Å². The molecule has 1 rings (SSSR count). The molecule has 0 saturated heterocycles. The van der Waals surface area contributed by atoms with Crippen LogP contribution in [0.3, 0.4) is 0 Å². The first-order chi connectivity index (χ1) is 7.83. The van der Waals surface area contributed by atoms with E-state index in [0.29, 0.717) is 10.0 Å². The van der Waals surface area contributed by atoms with E-state index in [2.05, 4.69) is 21.0 Å². The van der Waals surface area contributed by atoms with Gasteiger partial charge in [-0.3, -0.25) is 0 Å². The quantitative estimate of drug-likeness (QED) is 0.640. The van der Waals surface area contributed by atoms with Crippen LogP contribution >= 0.6 is 15.9 Å². The van der Waals surface area contributed by atoms with E-state index in [4.69, 9.17) is 4.74 Å². The highest BCUT2D eigenvalue weighted by Gasteiger charge is 2.08. The van der Waals surface area contributed by atoms with Crippen molar-refractivity contribution in [3.63, 3.8) is 0 Å². The summed E-state index contributed by atoms with van der Waals surface area (Å²) in [4.78, 5) is 1.93. The summed E-state index contributed by atoms with van der Waals surface area (Å²) in [6, 6.07) is 3.15. The maximum absolute atomic E-state index is 10.8. The normalized spacial score (nSPS) is 11.7. The minimum atomic E-state index is -3.41. The molecule has 17 heavy (non-hydrogen) atoms. The maximum Gasteiger partial charge on any atom is 0.244 e. The van der Waals surface area contributed by atoms with Gasteiger partial charge in [-0.15, -0.1) is 0 Å². The highest BCUT2D eigenvalue weighted by Crippen LogP contribution is 2.32. The predicted octanol–water partition coefficient (Wildman–Crippen LogP) is 1.05. The molecule has 0 aliphatic carbocycles. The fourth-order valence-electron chi connectivity index (χ4n) is 1.04. The van der Waals surface area contributed by atoms with Crippen LogP contribution in [0.2, 0.25) is 0 Å². The van der Waals surface area contributed by atoms with Crippen LogP contribution in [0.4, 0.5) is 0 Å². The summed E-state index contributed by atoms with van der Waals surface area (Å²) in [5, 5.41) is 13.2. The third-order valence-electron chi connectivity index (χ3n) is 1.71. The topological polar surface area (TPSA) is 88.0 Å². The standard InChI is InChI=1S/C9H11BrN2O4S/c1-16-8-4-7(10)3-6(9(8)13)5-11-12-17(2,14)15/h3-5,12-13H,1-2H3/b11-5-. The van der Waals surface area contributed by atoms with Crippen LogP contribution < -0.4 is 9.57 Å². The molecule has 1 aromatic rings. The van der Waals surface area contributed by atoms with Crippen molar-refractivity contribution >= 4 is 32.2 Å². The molecule has 0 atom stereocenters. The van der Waals surface area contributed by atoms with E-state index in [1.54, 1.807) is 12.1 Å².